The van der Waals surface area contributed by atoms with Crippen LogP contribution >= 0.6 is 11.8 Å². The minimum Gasteiger partial charge on any atom is -0.467 e. The summed E-state index contributed by atoms with van der Waals surface area (Å²) in [6.07, 6.45) is 3.02. The Morgan fingerprint density at radius 3 is 2.48 bits per heavy atom. The topological polar surface area (TPSA) is 119 Å². The monoisotopic (exact) mass is 438 g/mol. The van der Waals surface area contributed by atoms with E-state index in [2.05, 4.69) is 15.6 Å². The minimum atomic E-state index is -0.638. The Morgan fingerprint density at radius 2 is 1.74 bits per heavy atom. The van der Waals surface area contributed by atoms with E-state index in [-0.39, 0.29) is 24.4 Å². The molecule has 10 heteroatoms. The van der Waals surface area contributed by atoms with Crippen LogP contribution in [0.15, 0.2) is 79.8 Å². The third-order valence-corrected chi connectivity index (χ3v) is 5.29. The molecule has 0 radical (unpaired) electrons. The van der Waals surface area contributed by atoms with Crippen molar-refractivity contribution >= 4 is 34.6 Å². The minimum absolute atomic E-state index is 0.100. The van der Waals surface area contributed by atoms with E-state index in [1.807, 2.05) is 0 Å². The van der Waals surface area contributed by atoms with E-state index in [1.54, 1.807) is 48.5 Å². The number of urea groups is 1. The van der Waals surface area contributed by atoms with E-state index in [0.717, 1.165) is 11.8 Å². The summed E-state index contributed by atoms with van der Waals surface area (Å²) < 4.78 is 11.9. The number of fused-ring (bicyclic) bond motifs is 1. The van der Waals surface area contributed by atoms with Crippen LogP contribution < -0.4 is 16.2 Å². The van der Waals surface area contributed by atoms with Gasteiger partial charge in [0.2, 0.25) is 5.91 Å². The van der Waals surface area contributed by atoms with E-state index in [4.69, 9.17) is 8.83 Å². The maximum Gasteiger partial charge on any atom is 0.321 e. The van der Waals surface area contributed by atoms with Gasteiger partial charge in [-0.25, -0.2) is 9.78 Å². The molecule has 3 aromatic heterocycles. The Kier molecular flexibility index (Phi) is 6.18. The fourth-order valence-corrected chi connectivity index (χ4v) is 3.67. The number of furan rings is 2. The Bertz CT molecular complexity index is 1250. The lowest BCUT2D eigenvalue weighted by Crippen LogP contribution is -2.40. The van der Waals surface area contributed by atoms with Gasteiger partial charge < -0.3 is 14.2 Å². The maximum absolute atomic E-state index is 13.0. The first-order valence-corrected chi connectivity index (χ1v) is 10.3. The molecule has 0 fully saturated rings. The average Bonchev–Trinajstić information content (AvgIpc) is 3.47. The van der Waals surface area contributed by atoms with Crippen LogP contribution in [0.3, 0.4) is 0 Å². The summed E-state index contributed by atoms with van der Waals surface area (Å²) in [5, 5.41) is 5.60. The largest absolute Gasteiger partial charge is 0.467 e. The zero-order valence-electron chi connectivity index (χ0n) is 16.2. The predicted octanol–water partition coefficient (Wildman–Crippen LogP) is 2.75. The van der Waals surface area contributed by atoms with Gasteiger partial charge in [-0.2, -0.15) is 0 Å². The average molecular weight is 438 g/mol. The van der Waals surface area contributed by atoms with E-state index in [0.29, 0.717) is 27.6 Å². The van der Waals surface area contributed by atoms with Gasteiger partial charge in [-0.3, -0.25) is 19.5 Å². The Labute approximate surface area is 180 Å². The highest BCUT2D eigenvalue weighted by Gasteiger charge is 2.15. The van der Waals surface area contributed by atoms with Gasteiger partial charge in [0.1, 0.15) is 11.5 Å². The molecule has 0 aliphatic rings. The second kappa shape index (κ2) is 9.35. The summed E-state index contributed by atoms with van der Waals surface area (Å²) in [6, 6.07) is 13.3. The van der Waals surface area contributed by atoms with Crippen LogP contribution in [-0.2, 0) is 17.9 Å². The van der Waals surface area contributed by atoms with E-state index in [9.17, 15) is 14.4 Å². The van der Waals surface area contributed by atoms with Crippen LogP contribution in [0, 0.1) is 0 Å². The molecule has 4 aromatic rings. The number of hydrogen-bond acceptors (Lipinski definition) is 7. The molecule has 0 bridgehead atoms. The smallest absolute Gasteiger partial charge is 0.321 e. The highest BCUT2D eigenvalue weighted by atomic mass is 32.2. The first-order valence-electron chi connectivity index (χ1n) is 9.35. The highest BCUT2D eigenvalue weighted by Crippen LogP contribution is 2.19. The van der Waals surface area contributed by atoms with Gasteiger partial charge in [-0.15, -0.1) is 0 Å². The zero-order valence-corrected chi connectivity index (χ0v) is 17.1. The van der Waals surface area contributed by atoms with Gasteiger partial charge >= 0.3 is 6.03 Å². The quantitative estimate of drug-likeness (QED) is 0.336. The first kappa shape index (κ1) is 20.5. The molecule has 0 spiro atoms. The molecule has 158 valence electrons. The lowest BCUT2D eigenvalue weighted by molar-refractivity contribution is -0.117. The number of nitrogens with one attached hydrogen (secondary N) is 2. The summed E-state index contributed by atoms with van der Waals surface area (Å²) in [6.45, 7) is 0.339. The number of benzene rings is 1. The molecule has 0 aliphatic carbocycles. The lowest BCUT2D eigenvalue weighted by Gasteiger charge is -2.12. The van der Waals surface area contributed by atoms with E-state index in [1.165, 1.54) is 17.1 Å². The number of rotatable bonds is 7. The molecule has 31 heavy (non-hydrogen) atoms. The summed E-state index contributed by atoms with van der Waals surface area (Å²) in [4.78, 5) is 41.6. The van der Waals surface area contributed by atoms with Crippen molar-refractivity contribution in [1.82, 2.24) is 20.2 Å². The van der Waals surface area contributed by atoms with Crippen molar-refractivity contribution in [2.24, 2.45) is 0 Å². The van der Waals surface area contributed by atoms with Gasteiger partial charge in [0.05, 0.1) is 42.3 Å². The standard InChI is InChI=1S/C21H18N4O5S/c26-18(24-20(28)22-11-14-5-3-9-29-14)13-31-21-23-17-8-2-1-7-16(17)19(27)25(21)12-15-6-4-10-30-15/h1-10H,11-13H2,(H2,22,24,26,28). The Morgan fingerprint density at radius 1 is 1.00 bits per heavy atom. The van der Waals surface area contributed by atoms with E-state index >= 15 is 0 Å². The molecule has 1 aromatic carbocycles. The number of hydrogen-bond donors (Lipinski definition) is 2. The predicted molar refractivity (Wildman–Crippen MR) is 114 cm³/mol. The van der Waals surface area contributed by atoms with Crippen molar-refractivity contribution in [1.29, 1.82) is 0 Å². The molecule has 9 nitrogen and oxygen atoms in total. The molecule has 0 saturated carbocycles. The van der Waals surface area contributed by atoms with Crippen molar-refractivity contribution in [2.45, 2.75) is 18.2 Å². The Hall–Kier alpha value is -3.79. The molecule has 4 rings (SSSR count). The molecular formula is C21H18N4O5S. The van der Waals surface area contributed by atoms with Crippen LogP contribution in [0.1, 0.15) is 11.5 Å². The molecule has 0 atom stereocenters. The fourth-order valence-electron chi connectivity index (χ4n) is 2.87. The normalized spacial score (nSPS) is 10.8. The highest BCUT2D eigenvalue weighted by molar-refractivity contribution is 7.99. The van der Waals surface area contributed by atoms with Gasteiger partial charge in [-0.1, -0.05) is 23.9 Å². The van der Waals surface area contributed by atoms with Gasteiger partial charge in [0.25, 0.3) is 5.56 Å². The summed E-state index contributed by atoms with van der Waals surface area (Å²) in [7, 11) is 0. The van der Waals surface area contributed by atoms with Crippen LogP contribution in [0.4, 0.5) is 4.79 Å². The molecule has 0 aliphatic heterocycles. The van der Waals surface area contributed by atoms with Crippen LogP contribution in [0.25, 0.3) is 10.9 Å². The maximum atomic E-state index is 13.0. The number of imide groups is 1. The number of para-hydroxylation sites is 1. The van der Waals surface area contributed by atoms with E-state index < -0.39 is 11.9 Å². The van der Waals surface area contributed by atoms with Crippen molar-refractivity contribution < 1.29 is 18.4 Å². The number of amides is 3. The lowest BCUT2D eigenvalue weighted by atomic mass is 10.2. The third kappa shape index (κ3) is 5.04. The van der Waals surface area contributed by atoms with Crippen molar-refractivity contribution in [3.63, 3.8) is 0 Å². The fraction of sp³-hybridized carbons (Fsp3) is 0.143. The number of thioether (sulfide) groups is 1. The van der Waals surface area contributed by atoms with Gasteiger partial charge in [0.15, 0.2) is 5.16 Å². The first-order chi connectivity index (χ1) is 15.1. The molecule has 2 N–H and O–H groups in total. The SMILES string of the molecule is O=C(CSc1nc2ccccc2c(=O)n1Cc1ccco1)NC(=O)NCc1ccco1. The molecule has 3 amide bonds. The zero-order chi connectivity index (χ0) is 21.6. The number of aromatic nitrogens is 2. The van der Waals surface area contributed by atoms with Crippen LogP contribution in [-0.4, -0.2) is 27.2 Å². The Balaban J connectivity index is 1.46. The van der Waals surface area contributed by atoms with Gasteiger partial charge in [-0.05, 0) is 36.4 Å². The number of carbonyl (C=O) groups is 2. The van der Waals surface area contributed by atoms with Gasteiger partial charge in [0, 0.05) is 0 Å². The molecular weight excluding hydrogens is 420 g/mol. The summed E-state index contributed by atoms with van der Waals surface area (Å²) in [5.74, 6) is 0.535. The molecule has 0 unspecified atom stereocenters. The molecule has 0 saturated heterocycles. The summed E-state index contributed by atoms with van der Waals surface area (Å²) in [5.41, 5.74) is 0.295. The number of nitrogens with zero attached hydrogens (tertiary/aromatic N) is 2. The van der Waals surface area contributed by atoms with Crippen molar-refractivity contribution in [3.8, 4) is 0 Å². The third-order valence-electron chi connectivity index (χ3n) is 4.31. The summed E-state index contributed by atoms with van der Waals surface area (Å²) >= 11 is 1.06. The second-order valence-corrected chi connectivity index (χ2v) is 7.42. The van der Waals surface area contributed by atoms with Crippen molar-refractivity contribution in [2.75, 3.05) is 5.75 Å². The van der Waals surface area contributed by atoms with Crippen LogP contribution in [0.5, 0.6) is 0 Å². The molecule has 3 heterocycles. The van der Waals surface area contributed by atoms with Crippen LogP contribution in [0.2, 0.25) is 0 Å². The van der Waals surface area contributed by atoms with Crippen molar-refractivity contribution in [3.05, 3.63) is 82.9 Å². The second-order valence-electron chi connectivity index (χ2n) is 6.48. The number of carbonyl (C=O) groups excluding carboxylic acids is 2.